The predicted octanol–water partition coefficient (Wildman–Crippen LogP) is 1.50. The first-order valence-corrected chi connectivity index (χ1v) is 4.68. The van der Waals surface area contributed by atoms with Crippen LogP contribution in [0.4, 0.5) is 0 Å². The Kier molecular flexibility index (Phi) is 3.92. The summed E-state index contributed by atoms with van der Waals surface area (Å²) in [6, 6.07) is 7.22. The average molecular weight is 196 g/mol. The molecule has 0 saturated carbocycles. The molecule has 78 valence electrons. The van der Waals surface area contributed by atoms with Crippen molar-refractivity contribution in [3.63, 3.8) is 0 Å². The molecule has 1 rings (SSSR count). The van der Waals surface area contributed by atoms with Crippen molar-refractivity contribution in [3.8, 4) is 5.75 Å². The molecule has 0 saturated heterocycles. The molecular formula is C11H16O3. The lowest BCUT2D eigenvalue weighted by molar-refractivity contribution is 0.122. The van der Waals surface area contributed by atoms with E-state index in [2.05, 4.69) is 0 Å². The maximum Gasteiger partial charge on any atom is 0.119 e. The average Bonchev–Trinajstić information content (AvgIpc) is 2.15. The number of ether oxygens (including phenoxy) is 1. The van der Waals surface area contributed by atoms with E-state index in [1.54, 1.807) is 26.0 Å². The summed E-state index contributed by atoms with van der Waals surface area (Å²) in [5.41, 5.74) is 0.813. The van der Waals surface area contributed by atoms with E-state index in [1.807, 2.05) is 12.1 Å². The summed E-state index contributed by atoms with van der Waals surface area (Å²) in [5.74, 6) is 0.671. The van der Waals surface area contributed by atoms with E-state index in [-0.39, 0.29) is 6.61 Å². The van der Waals surface area contributed by atoms with Crippen molar-refractivity contribution >= 4 is 0 Å². The molecule has 0 amide bonds. The first kappa shape index (κ1) is 11.0. The minimum absolute atomic E-state index is 0.267. The van der Waals surface area contributed by atoms with Gasteiger partial charge in [0, 0.05) is 0 Å². The van der Waals surface area contributed by atoms with Crippen molar-refractivity contribution in [2.24, 2.45) is 0 Å². The largest absolute Gasteiger partial charge is 0.491 e. The Balaban J connectivity index is 2.64. The fraction of sp³-hybridized carbons (Fsp3) is 0.455. The van der Waals surface area contributed by atoms with Crippen LogP contribution in [0.3, 0.4) is 0 Å². The molecule has 1 aromatic rings. The number of hydrogen-bond acceptors (Lipinski definition) is 3. The summed E-state index contributed by atoms with van der Waals surface area (Å²) in [4.78, 5) is 0. The molecule has 2 atom stereocenters. The molecule has 0 spiro atoms. The SMILES string of the molecule is CC(O)COc1cccc([C@H](C)O)c1. The number of rotatable bonds is 4. The molecule has 0 aliphatic rings. The van der Waals surface area contributed by atoms with Gasteiger partial charge in [0.05, 0.1) is 12.2 Å². The summed E-state index contributed by atoms with van der Waals surface area (Å²) >= 11 is 0. The van der Waals surface area contributed by atoms with E-state index in [9.17, 15) is 5.11 Å². The van der Waals surface area contributed by atoms with Gasteiger partial charge in [-0.15, -0.1) is 0 Å². The molecule has 0 heterocycles. The van der Waals surface area contributed by atoms with Crippen LogP contribution in [0, 0.1) is 0 Å². The van der Waals surface area contributed by atoms with Gasteiger partial charge in [0.25, 0.3) is 0 Å². The van der Waals surface area contributed by atoms with Crippen LogP contribution in [-0.4, -0.2) is 22.9 Å². The van der Waals surface area contributed by atoms with E-state index in [1.165, 1.54) is 0 Å². The standard InChI is InChI=1S/C11H16O3/c1-8(12)7-14-11-5-3-4-10(6-11)9(2)13/h3-6,8-9,12-13H,7H2,1-2H3/t8?,9-/m0/s1. The van der Waals surface area contributed by atoms with Gasteiger partial charge in [-0.25, -0.2) is 0 Å². The molecule has 0 aliphatic carbocycles. The van der Waals surface area contributed by atoms with Gasteiger partial charge in [-0.1, -0.05) is 12.1 Å². The van der Waals surface area contributed by atoms with E-state index < -0.39 is 12.2 Å². The highest BCUT2D eigenvalue weighted by Crippen LogP contribution is 2.18. The summed E-state index contributed by atoms with van der Waals surface area (Å²) in [5, 5.41) is 18.3. The Morgan fingerprint density at radius 3 is 2.57 bits per heavy atom. The van der Waals surface area contributed by atoms with Crippen LogP contribution in [0.15, 0.2) is 24.3 Å². The monoisotopic (exact) mass is 196 g/mol. The number of benzene rings is 1. The highest BCUT2D eigenvalue weighted by molar-refractivity contribution is 5.29. The van der Waals surface area contributed by atoms with Crippen LogP contribution in [0.2, 0.25) is 0 Å². The van der Waals surface area contributed by atoms with Crippen LogP contribution < -0.4 is 4.74 Å². The van der Waals surface area contributed by atoms with Crippen LogP contribution in [0.5, 0.6) is 5.75 Å². The van der Waals surface area contributed by atoms with Crippen molar-refractivity contribution < 1.29 is 14.9 Å². The second-order valence-electron chi connectivity index (χ2n) is 3.41. The Labute approximate surface area is 84.0 Å². The minimum Gasteiger partial charge on any atom is -0.491 e. The molecule has 3 heteroatoms. The lowest BCUT2D eigenvalue weighted by Crippen LogP contribution is -2.12. The molecular weight excluding hydrogens is 180 g/mol. The Bertz CT molecular complexity index is 282. The van der Waals surface area contributed by atoms with Crippen molar-refractivity contribution in [1.82, 2.24) is 0 Å². The molecule has 14 heavy (non-hydrogen) atoms. The van der Waals surface area contributed by atoms with Gasteiger partial charge in [0.2, 0.25) is 0 Å². The Morgan fingerprint density at radius 2 is 2.00 bits per heavy atom. The Hall–Kier alpha value is -1.06. The van der Waals surface area contributed by atoms with E-state index in [0.29, 0.717) is 5.75 Å². The number of aliphatic hydroxyl groups is 2. The zero-order valence-corrected chi connectivity index (χ0v) is 8.47. The normalized spacial score (nSPS) is 14.9. The molecule has 0 fully saturated rings. The third kappa shape index (κ3) is 3.36. The van der Waals surface area contributed by atoms with Gasteiger partial charge in [-0.3, -0.25) is 0 Å². The highest BCUT2D eigenvalue weighted by Gasteiger charge is 2.03. The molecule has 2 N–H and O–H groups in total. The Morgan fingerprint density at radius 1 is 1.29 bits per heavy atom. The second-order valence-corrected chi connectivity index (χ2v) is 3.41. The number of aliphatic hydroxyl groups excluding tert-OH is 2. The number of hydrogen-bond donors (Lipinski definition) is 2. The fourth-order valence-electron chi connectivity index (χ4n) is 1.08. The highest BCUT2D eigenvalue weighted by atomic mass is 16.5. The van der Waals surface area contributed by atoms with Gasteiger partial charge >= 0.3 is 0 Å². The van der Waals surface area contributed by atoms with Gasteiger partial charge in [-0.2, -0.15) is 0 Å². The lowest BCUT2D eigenvalue weighted by Gasteiger charge is -2.10. The predicted molar refractivity (Wildman–Crippen MR) is 54.3 cm³/mol. The zero-order chi connectivity index (χ0) is 10.6. The smallest absolute Gasteiger partial charge is 0.119 e. The molecule has 1 unspecified atom stereocenters. The molecule has 3 nitrogen and oxygen atoms in total. The van der Waals surface area contributed by atoms with E-state index in [4.69, 9.17) is 9.84 Å². The van der Waals surface area contributed by atoms with Crippen molar-refractivity contribution in [2.75, 3.05) is 6.61 Å². The molecule has 0 aliphatic heterocycles. The molecule has 0 radical (unpaired) electrons. The van der Waals surface area contributed by atoms with Crippen LogP contribution >= 0.6 is 0 Å². The molecule has 0 aromatic heterocycles. The fourth-order valence-corrected chi connectivity index (χ4v) is 1.08. The maximum absolute atomic E-state index is 9.32. The summed E-state index contributed by atoms with van der Waals surface area (Å²) < 4.78 is 5.30. The third-order valence-electron chi connectivity index (χ3n) is 1.83. The van der Waals surface area contributed by atoms with Gasteiger partial charge in [0.1, 0.15) is 12.4 Å². The lowest BCUT2D eigenvalue weighted by atomic mass is 10.1. The third-order valence-corrected chi connectivity index (χ3v) is 1.83. The second kappa shape index (κ2) is 4.98. The van der Waals surface area contributed by atoms with Crippen molar-refractivity contribution in [3.05, 3.63) is 29.8 Å². The summed E-state index contributed by atoms with van der Waals surface area (Å²) in [6.07, 6.45) is -0.977. The zero-order valence-electron chi connectivity index (χ0n) is 8.47. The molecule has 1 aromatic carbocycles. The summed E-state index contributed by atoms with van der Waals surface area (Å²) in [6.45, 7) is 3.63. The molecule has 0 bridgehead atoms. The van der Waals surface area contributed by atoms with Crippen LogP contribution in [0.25, 0.3) is 0 Å². The van der Waals surface area contributed by atoms with E-state index in [0.717, 1.165) is 5.56 Å². The minimum atomic E-state index is -0.495. The quantitative estimate of drug-likeness (QED) is 0.767. The first-order valence-electron chi connectivity index (χ1n) is 4.68. The van der Waals surface area contributed by atoms with Gasteiger partial charge < -0.3 is 14.9 Å². The van der Waals surface area contributed by atoms with Gasteiger partial charge in [0.15, 0.2) is 0 Å². The van der Waals surface area contributed by atoms with Crippen LogP contribution in [-0.2, 0) is 0 Å². The maximum atomic E-state index is 9.32. The summed E-state index contributed by atoms with van der Waals surface area (Å²) in [7, 11) is 0. The topological polar surface area (TPSA) is 49.7 Å². The van der Waals surface area contributed by atoms with Crippen LogP contribution in [0.1, 0.15) is 25.5 Å². The van der Waals surface area contributed by atoms with Gasteiger partial charge in [-0.05, 0) is 31.5 Å². The first-order chi connectivity index (χ1) is 6.59. The van der Waals surface area contributed by atoms with Crippen molar-refractivity contribution in [2.45, 2.75) is 26.1 Å². The van der Waals surface area contributed by atoms with Crippen molar-refractivity contribution in [1.29, 1.82) is 0 Å². The van der Waals surface area contributed by atoms with E-state index >= 15 is 0 Å².